The maximum absolute atomic E-state index is 13.3. The Kier molecular flexibility index (Phi) is 7.14. The minimum atomic E-state index is -0.271. The summed E-state index contributed by atoms with van der Waals surface area (Å²) in [4.78, 5) is 16.8. The number of halogens is 1. The van der Waals surface area contributed by atoms with E-state index in [0.29, 0.717) is 13.1 Å². The summed E-state index contributed by atoms with van der Waals surface area (Å²) < 4.78 is 24.5. The number of aryl methyl sites for hydroxylation is 1. The monoisotopic (exact) mass is 450 g/mol. The molecule has 2 heterocycles. The summed E-state index contributed by atoms with van der Waals surface area (Å²) in [5.74, 6) is 2.99. The number of carbonyl (C=O) groups is 1. The van der Waals surface area contributed by atoms with Crippen molar-refractivity contribution in [2.45, 2.75) is 32.9 Å². The molecule has 1 aliphatic rings. The molecule has 174 valence electrons. The van der Waals surface area contributed by atoms with E-state index in [1.165, 1.54) is 17.7 Å². The molecule has 6 heteroatoms. The van der Waals surface area contributed by atoms with Crippen LogP contribution in [0.4, 0.5) is 4.39 Å². The first-order valence-corrected chi connectivity index (χ1v) is 11.3. The van der Waals surface area contributed by atoms with Crippen LogP contribution in [-0.4, -0.2) is 42.5 Å². The Hall–Kier alpha value is -3.12. The third-order valence-electron chi connectivity index (χ3n) is 6.42. The van der Waals surface area contributed by atoms with Gasteiger partial charge in [0.05, 0.1) is 13.7 Å². The van der Waals surface area contributed by atoms with Crippen LogP contribution in [0.25, 0.3) is 0 Å². The molecule has 5 nitrogen and oxygen atoms in total. The fourth-order valence-electron chi connectivity index (χ4n) is 4.69. The van der Waals surface area contributed by atoms with Gasteiger partial charge in [-0.05, 0) is 60.4 Å². The fourth-order valence-corrected chi connectivity index (χ4v) is 4.69. The zero-order valence-corrected chi connectivity index (χ0v) is 19.5. The highest BCUT2D eigenvalue weighted by molar-refractivity contribution is 5.73. The quantitative estimate of drug-likeness (QED) is 0.485. The molecule has 2 unspecified atom stereocenters. The molecular weight excluding hydrogens is 419 g/mol. The molecule has 1 aliphatic heterocycles. The molecule has 0 spiro atoms. The molecule has 0 bridgehead atoms. The summed E-state index contributed by atoms with van der Waals surface area (Å²) in [5, 5.41) is 0. The molecule has 0 saturated carbocycles. The third kappa shape index (κ3) is 5.82. The minimum Gasteiger partial charge on any atom is -0.497 e. The van der Waals surface area contributed by atoms with E-state index in [-0.39, 0.29) is 23.6 Å². The zero-order chi connectivity index (χ0) is 23.4. The molecule has 0 N–H and O–H groups in total. The van der Waals surface area contributed by atoms with Gasteiger partial charge < -0.3 is 14.1 Å². The maximum Gasteiger partial charge on any atom is 0.219 e. The van der Waals surface area contributed by atoms with E-state index in [4.69, 9.17) is 9.15 Å². The molecule has 0 radical (unpaired) electrons. The van der Waals surface area contributed by atoms with Crippen LogP contribution in [0, 0.1) is 18.7 Å². The van der Waals surface area contributed by atoms with E-state index >= 15 is 0 Å². The molecule has 0 aliphatic carbocycles. The van der Waals surface area contributed by atoms with E-state index < -0.39 is 0 Å². The number of amides is 1. The lowest BCUT2D eigenvalue weighted by Gasteiger charge is -2.28. The van der Waals surface area contributed by atoms with Gasteiger partial charge in [0.15, 0.2) is 0 Å². The van der Waals surface area contributed by atoms with Crippen LogP contribution in [-0.2, 0) is 17.9 Å². The molecule has 33 heavy (non-hydrogen) atoms. The van der Waals surface area contributed by atoms with Gasteiger partial charge in [0.2, 0.25) is 5.91 Å². The average Bonchev–Trinajstić information content (AvgIpc) is 3.40. The zero-order valence-electron chi connectivity index (χ0n) is 19.5. The number of ether oxygens (including phenoxy) is 1. The summed E-state index contributed by atoms with van der Waals surface area (Å²) in [6, 6.07) is 18.6. The molecule has 1 aromatic heterocycles. The predicted molar refractivity (Wildman–Crippen MR) is 125 cm³/mol. The summed E-state index contributed by atoms with van der Waals surface area (Å²) >= 11 is 0. The van der Waals surface area contributed by atoms with E-state index in [9.17, 15) is 9.18 Å². The van der Waals surface area contributed by atoms with Crippen LogP contribution in [0.1, 0.15) is 35.5 Å². The normalized spacial score (nSPS) is 18.4. The van der Waals surface area contributed by atoms with Gasteiger partial charge in [0.25, 0.3) is 0 Å². The van der Waals surface area contributed by atoms with Crippen molar-refractivity contribution in [1.82, 2.24) is 9.80 Å². The van der Waals surface area contributed by atoms with Crippen LogP contribution in [0.2, 0.25) is 0 Å². The minimum absolute atomic E-state index is 0.0212. The second-order valence-corrected chi connectivity index (χ2v) is 8.87. The van der Waals surface area contributed by atoms with Crippen molar-refractivity contribution in [3.63, 3.8) is 0 Å². The highest BCUT2D eigenvalue weighted by atomic mass is 19.1. The van der Waals surface area contributed by atoms with Gasteiger partial charge in [-0.2, -0.15) is 0 Å². The van der Waals surface area contributed by atoms with Crippen molar-refractivity contribution in [2.24, 2.45) is 5.92 Å². The van der Waals surface area contributed by atoms with Crippen molar-refractivity contribution < 1.29 is 18.3 Å². The lowest BCUT2D eigenvalue weighted by atomic mass is 9.88. The SMILES string of the molecule is COc1ccc(C2CN(Cc3ccc(C)o3)CC2CN(Cc2ccc(F)cc2)C(C)=O)cc1. The van der Waals surface area contributed by atoms with Gasteiger partial charge in [0.1, 0.15) is 23.1 Å². The van der Waals surface area contributed by atoms with Gasteiger partial charge in [-0.3, -0.25) is 9.69 Å². The molecular formula is C27H31FN2O3. The van der Waals surface area contributed by atoms with Crippen molar-refractivity contribution >= 4 is 5.91 Å². The molecule has 1 saturated heterocycles. The number of rotatable bonds is 8. The van der Waals surface area contributed by atoms with Gasteiger partial charge in [-0.25, -0.2) is 4.39 Å². The summed E-state index contributed by atoms with van der Waals surface area (Å²) in [6.07, 6.45) is 0. The maximum atomic E-state index is 13.3. The number of carbonyl (C=O) groups excluding carboxylic acids is 1. The number of nitrogens with zero attached hydrogens (tertiary/aromatic N) is 2. The lowest BCUT2D eigenvalue weighted by molar-refractivity contribution is -0.130. The third-order valence-corrected chi connectivity index (χ3v) is 6.42. The standard InChI is InChI=1S/C27H31FN2O3/c1-19-4-11-26(33-19)17-29-15-23(27(18-29)22-7-12-25(32-3)13-8-22)16-30(20(2)31)14-21-5-9-24(28)10-6-21/h4-13,23,27H,14-18H2,1-3H3. The van der Waals surface area contributed by atoms with E-state index in [2.05, 4.69) is 17.0 Å². The molecule has 1 amide bonds. The second-order valence-electron chi connectivity index (χ2n) is 8.87. The van der Waals surface area contributed by atoms with Gasteiger partial charge >= 0.3 is 0 Å². The van der Waals surface area contributed by atoms with Crippen molar-refractivity contribution in [3.8, 4) is 5.75 Å². The fraction of sp³-hybridized carbons (Fsp3) is 0.370. The van der Waals surface area contributed by atoms with Crippen molar-refractivity contribution in [3.05, 3.63) is 89.1 Å². The van der Waals surface area contributed by atoms with E-state index in [1.807, 2.05) is 36.1 Å². The molecule has 2 atom stereocenters. The topological polar surface area (TPSA) is 45.9 Å². The van der Waals surface area contributed by atoms with Crippen molar-refractivity contribution in [2.75, 3.05) is 26.7 Å². The van der Waals surface area contributed by atoms with Gasteiger partial charge in [-0.15, -0.1) is 0 Å². The predicted octanol–water partition coefficient (Wildman–Crippen LogP) is 5.00. The summed E-state index contributed by atoms with van der Waals surface area (Å²) in [6.45, 7) is 7.16. The Bertz CT molecular complexity index is 1060. The molecule has 2 aromatic carbocycles. The smallest absolute Gasteiger partial charge is 0.219 e. The number of hydrogen-bond acceptors (Lipinski definition) is 4. The number of furan rings is 1. The van der Waals surface area contributed by atoms with Crippen molar-refractivity contribution in [1.29, 1.82) is 0 Å². The lowest BCUT2D eigenvalue weighted by Crippen LogP contribution is -2.35. The van der Waals surface area contributed by atoms with Crippen LogP contribution in [0.3, 0.4) is 0 Å². The summed E-state index contributed by atoms with van der Waals surface area (Å²) in [7, 11) is 1.67. The summed E-state index contributed by atoms with van der Waals surface area (Å²) in [5.41, 5.74) is 2.16. The number of benzene rings is 2. The van der Waals surface area contributed by atoms with E-state index in [0.717, 1.165) is 42.5 Å². The Balaban J connectivity index is 1.53. The highest BCUT2D eigenvalue weighted by Gasteiger charge is 2.35. The Labute approximate surface area is 194 Å². The number of likely N-dealkylation sites (tertiary alicyclic amines) is 1. The Morgan fingerprint density at radius 3 is 2.42 bits per heavy atom. The van der Waals surface area contributed by atoms with Crippen LogP contribution >= 0.6 is 0 Å². The van der Waals surface area contributed by atoms with Gasteiger partial charge in [-0.1, -0.05) is 24.3 Å². The average molecular weight is 451 g/mol. The molecule has 4 rings (SSSR count). The largest absolute Gasteiger partial charge is 0.497 e. The Morgan fingerprint density at radius 1 is 1.09 bits per heavy atom. The number of hydrogen-bond donors (Lipinski definition) is 0. The Morgan fingerprint density at radius 2 is 1.82 bits per heavy atom. The van der Waals surface area contributed by atoms with Gasteiger partial charge in [0, 0.05) is 39.0 Å². The first-order chi connectivity index (χ1) is 15.9. The second kappa shape index (κ2) is 10.2. The first-order valence-electron chi connectivity index (χ1n) is 11.3. The molecule has 3 aromatic rings. The first kappa shape index (κ1) is 23.1. The van der Waals surface area contributed by atoms with E-state index in [1.54, 1.807) is 26.2 Å². The number of methoxy groups -OCH3 is 1. The van der Waals surface area contributed by atoms with Crippen LogP contribution < -0.4 is 4.74 Å². The van der Waals surface area contributed by atoms with Crippen LogP contribution in [0.5, 0.6) is 5.75 Å². The van der Waals surface area contributed by atoms with Crippen LogP contribution in [0.15, 0.2) is 65.1 Å². The highest BCUT2D eigenvalue weighted by Crippen LogP contribution is 2.35. The molecule has 1 fully saturated rings.